The van der Waals surface area contributed by atoms with Gasteiger partial charge in [0.25, 0.3) is 0 Å². The Morgan fingerprint density at radius 1 is 1.53 bits per heavy atom. The topological polar surface area (TPSA) is 63.4 Å². The Bertz CT molecular complexity index is 592. The Kier molecular flexibility index (Phi) is 4.03. The molecule has 1 aromatic rings. The van der Waals surface area contributed by atoms with E-state index in [-0.39, 0.29) is 10.7 Å². The summed E-state index contributed by atoms with van der Waals surface area (Å²) in [6.45, 7) is 2.84. The van der Waals surface area contributed by atoms with Crippen LogP contribution in [0.4, 0.5) is 10.1 Å². The third kappa shape index (κ3) is 2.70. The second-order valence-corrected chi connectivity index (χ2v) is 7.08. The van der Waals surface area contributed by atoms with Crippen LogP contribution in [0.3, 0.4) is 0 Å². The molecule has 0 bridgehead atoms. The molecule has 0 aromatic heterocycles. The summed E-state index contributed by atoms with van der Waals surface area (Å²) in [4.78, 5) is -0.436. The fraction of sp³-hybridized carbons (Fsp3) is 0.500. The van der Waals surface area contributed by atoms with Crippen LogP contribution >= 0.6 is 11.6 Å². The number of halogens is 2. The summed E-state index contributed by atoms with van der Waals surface area (Å²) in [5.41, 5.74) is 5.18. The molecule has 106 valence electrons. The van der Waals surface area contributed by atoms with Crippen LogP contribution in [0.25, 0.3) is 0 Å². The van der Waals surface area contributed by atoms with Crippen LogP contribution in [0.5, 0.6) is 0 Å². The molecule has 1 fully saturated rings. The maximum Gasteiger partial charge on any atom is 0.246 e. The number of nitrogens with zero attached hydrogens (tertiary/aromatic N) is 1. The van der Waals surface area contributed by atoms with Crippen LogP contribution in [-0.2, 0) is 10.0 Å². The van der Waals surface area contributed by atoms with Crippen LogP contribution in [0.1, 0.15) is 19.8 Å². The lowest BCUT2D eigenvalue weighted by molar-refractivity contribution is 0.448. The smallest absolute Gasteiger partial charge is 0.246 e. The lowest BCUT2D eigenvalue weighted by Gasteiger charge is -2.17. The summed E-state index contributed by atoms with van der Waals surface area (Å²) < 4.78 is 40.0. The summed E-state index contributed by atoms with van der Waals surface area (Å²) >= 11 is 5.76. The van der Waals surface area contributed by atoms with E-state index in [0.717, 1.165) is 18.9 Å². The number of rotatable bonds is 3. The van der Waals surface area contributed by atoms with Gasteiger partial charge in [-0.2, -0.15) is 4.31 Å². The monoisotopic (exact) mass is 306 g/mol. The molecule has 1 aliphatic rings. The molecular weight excluding hydrogens is 291 g/mol. The Morgan fingerprint density at radius 3 is 2.79 bits per heavy atom. The zero-order valence-electron chi connectivity index (χ0n) is 10.6. The molecule has 19 heavy (non-hydrogen) atoms. The van der Waals surface area contributed by atoms with Crippen molar-refractivity contribution in [2.75, 3.05) is 18.8 Å². The van der Waals surface area contributed by atoms with Gasteiger partial charge in [-0.15, -0.1) is 0 Å². The number of nitrogen functional groups attached to an aromatic ring is 1. The van der Waals surface area contributed by atoms with E-state index in [9.17, 15) is 12.8 Å². The SMILES string of the molecule is CCC1CCN(S(=O)(=O)c2cc(Cl)cc(N)c2F)C1. The van der Waals surface area contributed by atoms with Crippen molar-refractivity contribution in [3.8, 4) is 0 Å². The predicted octanol–water partition coefficient (Wildman–Crippen LogP) is 2.48. The number of anilines is 1. The third-order valence-electron chi connectivity index (χ3n) is 3.48. The maximum atomic E-state index is 13.9. The van der Waals surface area contributed by atoms with Gasteiger partial charge in [0.15, 0.2) is 5.82 Å². The Hall–Kier alpha value is -0.850. The van der Waals surface area contributed by atoms with Crippen molar-refractivity contribution < 1.29 is 12.8 Å². The average Bonchev–Trinajstić information content (AvgIpc) is 2.83. The molecule has 0 aliphatic carbocycles. The van der Waals surface area contributed by atoms with Crippen molar-refractivity contribution in [3.63, 3.8) is 0 Å². The van der Waals surface area contributed by atoms with Crippen molar-refractivity contribution in [3.05, 3.63) is 23.0 Å². The summed E-state index contributed by atoms with van der Waals surface area (Å²) in [6, 6.07) is 2.32. The van der Waals surface area contributed by atoms with Gasteiger partial charge in [0, 0.05) is 18.1 Å². The van der Waals surface area contributed by atoms with Crippen LogP contribution < -0.4 is 5.73 Å². The van der Waals surface area contributed by atoms with Gasteiger partial charge >= 0.3 is 0 Å². The lowest BCUT2D eigenvalue weighted by Crippen LogP contribution is -2.29. The van der Waals surface area contributed by atoms with Gasteiger partial charge in [0.1, 0.15) is 4.90 Å². The second kappa shape index (κ2) is 5.26. The van der Waals surface area contributed by atoms with Crippen molar-refractivity contribution in [1.82, 2.24) is 4.31 Å². The highest BCUT2D eigenvalue weighted by molar-refractivity contribution is 7.89. The molecule has 1 saturated heterocycles. The molecule has 1 heterocycles. The van der Waals surface area contributed by atoms with E-state index in [1.165, 1.54) is 10.4 Å². The molecule has 0 radical (unpaired) electrons. The van der Waals surface area contributed by atoms with Gasteiger partial charge in [0.2, 0.25) is 10.0 Å². The molecule has 1 atom stereocenters. The normalized spacial score (nSPS) is 20.9. The Balaban J connectivity index is 2.41. The minimum absolute atomic E-state index is 0.115. The predicted molar refractivity (Wildman–Crippen MR) is 73.0 cm³/mol. The number of hydrogen-bond acceptors (Lipinski definition) is 3. The van der Waals surface area contributed by atoms with Crippen LogP contribution in [0.2, 0.25) is 5.02 Å². The Morgan fingerprint density at radius 2 is 2.21 bits per heavy atom. The van der Waals surface area contributed by atoms with E-state index in [4.69, 9.17) is 17.3 Å². The third-order valence-corrected chi connectivity index (χ3v) is 5.56. The summed E-state index contributed by atoms with van der Waals surface area (Å²) in [5, 5.41) is 0.115. The average molecular weight is 307 g/mol. The van der Waals surface area contributed by atoms with E-state index in [2.05, 4.69) is 0 Å². The highest BCUT2D eigenvalue weighted by Gasteiger charge is 2.34. The van der Waals surface area contributed by atoms with E-state index in [1.54, 1.807) is 0 Å². The van der Waals surface area contributed by atoms with Gasteiger partial charge in [-0.3, -0.25) is 0 Å². The minimum atomic E-state index is -3.86. The largest absolute Gasteiger partial charge is 0.396 e. The Labute approximate surface area is 117 Å². The van der Waals surface area contributed by atoms with Gasteiger partial charge in [-0.25, -0.2) is 12.8 Å². The summed E-state index contributed by atoms with van der Waals surface area (Å²) in [6.07, 6.45) is 1.71. The van der Waals surface area contributed by atoms with E-state index in [0.29, 0.717) is 19.0 Å². The van der Waals surface area contributed by atoms with Crippen LogP contribution in [0.15, 0.2) is 17.0 Å². The first kappa shape index (κ1) is 14.6. The molecule has 1 unspecified atom stereocenters. The van der Waals surface area contributed by atoms with Crippen molar-refractivity contribution in [2.45, 2.75) is 24.7 Å². The zero-order chi connectivity index (χ0) is 14.2. The van der Waals surface area contributed by atoms with Crippen molar-refractivity contribution in [2.24, 2.45) is 5.92 Å². The van der Waals surface area contributed by atoms with Gasteiger partial charge < -0.3 is 5.73 Å². The minimum Gasteiger partial charge on any atom is -0.396 e. The molecule has 0 saturated carbocycles. The fourth-order valence-corrected chi connectivity index (χ4v) is 4.20. The van der Waals surface area contributed by atoms with Crippen molar-refractivity contribution in [1.29, 1.82) is 0 Å². The number of hydrogen-bond donors (Lipinski definition) is 1. The summed E-state index contributed by atoms with van der Waals surface area (Å²) in [5.74, 6) is -0.598. The molecule has 0 spiro atoms. The van der Waals surface area contributed by atoms with Gasteiger partial charge in [-0.05, 0) is 24.5 Å². The molecule has 2 N–H and O–H groups in total. The molecule has 4 nitrogen and oxygen atoms in total. The van der Waals surface area contributed by atoms with Crippen LogP contribution in [0, 0.1) is 11.7 Å². The highest BCUT2D eigenvalue weighted by atomic mass is 35.5. The molecule has 0 amide bonds. The van der Waals surface area contributed by atoms with E-state index in [1.807, 2.05) is 6.92 Å². The molecule has 1 aliphatic heterocycles. The summed E-state index contributed by atoms with van der Waals surface area (Å²) in [7, 11) is -3.86. The zero-order valence-corrected chi connectivity index (χ0v) is 12.1. The van der Waals surface area contributed by atoms with E-state index >= 15 is 0 Å². The standard InChI is InChI=1S/C12H16ClFN2O2S/c1-2-8-3-4-16(7-8)19(17,18)11-6-9(13)5-10(15)12(11)14/h5-6,8H,2-4,7,15H2,1H3. The maximum absolute atomic E-state index is 13.9. The van der Waals surface area contributed by atoms with Gasteiger partial charge in [0.05, 0.1) is 5.69 Å². The van der Waals surface area contributed by atoms with Crippen molar-refractivity contribution >= 4 is 27.3 Å². The first-order valence-corrected chi connectivity index (χ1v) is 7.92. The molecule has 1 aromatic carbocycles. The van der Waals surface area contributed by atoms with Crippen LogP contribution in [-0.4, -0.2) is 25.8 Å². The first-order chi connectivity index (χ1) is 8.86. The fourth-order valence-electron chi connectivity index (χ4n) is 2.26. The van der Waals surface area contributed by atoms with Gasteiger partial charge in [-0.1, -0.05) is 24.9 Å². The molecular formula is C12H16ClFN2O2S. The molecule has 2 rings (SSSR count). The highest BCUT2D eigenvalue weighted by Crippen LogP contribution is 2.31. The lowest BCUT2D eigenvalue weighted by atomic mass is 10.1. The molecule has 7 heteroatoms. The number of sulfonamides is 1. The second-order valence-electron chi connectivity index (χ2n) is 4.73. The number of nitrogens with two attached hydrogens (primary N) is 1. The quantitative estimate of drug-likeness (QED) is 0.873. The first-order valence-electron chi connectivity index (χ1n) is 6.11. The van der Waals surface area contributed by atoms with E-state index < -0.39 is 20.7 Å². The number of benzene rings is 1.